The zero-order valence-electron chi connectivity index (χ0n) is 16.1. The first-order chi connectivity index (χ1) is 13.8. The van der Waals surface area contributed by atoms with E-state index >= 15 is 0 Å². The average Bonchev–Trinajstić information content (AvgIpc) is 2.72. The third-order valence-electron chi connectivity index (χ3n) is 5.52. The predicted molar refractivity (Wildman–Crippen MR) is 107 cm³/mol. The van der Waals surface area contributed by atoms with Gasteiger partial charge in [-0.2, -0.15) is 0 Å². The SMILES string of the molecule is CS(=O)(=O)c1ccc(-c2ccc3c(c2)COC(C2CCN(C(=O)O)CC2)O3)cc1. The Bertz CT molecular complexity index is 1010. The minimum absolute atomic E-state index is 0.168. The standard InChI is InChI=1S/C21H23NO6S/c1-29(25,26)18-5-2-14(3-6-18)16-4-7-19-17(12-16)13-27-20(28-19)15-8-10-22(11-9-15)21(23)24/h2-7,12,15,20H,8-11,13H2,1H3,(H,23,24). The number of carbonyl (C=O) groups is 1. The van der Waals surface area contributed by atoms with Crippen molar-refractivity contribution in [1.29, 1.82) is 0 Å². The van der Waals surface area contributed by atoms with Gasteiger partial charge in [0.1, 0.15) is 5.75 Å². The minimum Gasteiger partial charge on any atom is -0.465 e. The number of amides is 1. The summed E-state index contributed by atoms with van der Waals surface area (Å²) in [6.07, 6.45) is 1.39. The number of piperidine rings is 1. The minimum atomic E-state index is -3.22. The monoisotopic (exact) mass is 417 g/mol. The van der Waals surface area contributed by atoms with E-state index in [2.05, 4.69) is 0 Å². The van der Waals surface area contributed by atoms with E-state index in [9.17, 15) is 13.2 Å². The number of benzene rings is 2. The molecular weight excluding hydrogens is 394 g/mol. The summed E-state index contributed by atoms with van der Waals surface area (Å²) in [6, 6.07) is 12.7. The largest absolute Gasteiger partial charge is 0.465 e. The summed E-state index contributed by atoms with van der Waals surface area (Å²) in [4.78, 5) is 12.8. The van der Waals surface area contributed by atoms with Crippen LogP contribution < -0.4 is 4.74 Å². The lowest BCUT2D eigenvalue weighted by Crippen LogP contribution is -2.43. The van der Waals surface area contributed by atoms with Crippen molar-refractivity contribution in [3.63, 3.8) is 0 Å². The lowest BCUT2D eigenvalue weighted by molar-refractivity contribution is -0.148. The van der Waals surface area contributed by atoms with Crippen molar-refractivity contribution in [2.75, 3.05) is 19.3 Å². The molecule has 1 unspecified atom stereocenters. The van der Waals surface area contributed by atoms with Crippen LogP contribution in [0, 0.1) is 5.92 Å². The second kappa shape index (κ2) is 7.68. The highest BCUT2D eigenvalue weighted by Crippen LogP contribution is 2.35. The lowest BCUT2D eigenvalue weighted by Gasteiger charge is -2.36. The van der Waals surface area contributed by atoms with Crippen LogP contribution in [0.25, 0.3) is 11.1 Å². The summed E-state index contributed by atoms with van der Waals surface area (Å²) in [5.74, 6) is 0.945. The van der Waals surface area contributed by atoms with Crippen LogP contribution in [-0.2, 0) is 21.2 Å². The fourth-order valence-corrected chi connectivity index (χ4v) is 4.44. The van der Waals surface area contributed by atoms with Crippen LogP contribution in [0.5, 0.6) is 5.75 Å². The third kappa shape index (κ3) is 4.23. The van der Waals surface area contributed by atoms with Crippen LogP contribution in [0.1, 0.15) is 18.4 Å². The first kappa shape index (κ1) is 19.7. The van der Waals surface area contributed by atoms with Gasteiger partial charge in [0.15, 0.2) is 9.84 Å². The highest BCUT2D eigenvalue weighted by Gasteiger charge is 2.33. The van der Waals surface area contributed by atoms with E-state index in [1.165, 1.54) is 11.2 Å². The Labute approximate surface area is 169 Å². The molecule has 2 aliphatic heterocycles. The fraction of sp³-hybridized carbons (Fsp3) is 0.381. The Balaban J connectivity index is 1.46. The molecule has 0 saturated carbocycles. The summed E-state index contributed by atoms with van der Waals surface area (Å²) in [5, 5.41) is 9.07. The number of fused-ring (bicyclic) bond motifs is 1. The Kier molecular flexibility index (Phi) is 5.23. The van der Waals surface area contributed by atoms with Crippen molar-refractivity contribution in [2.45, 2.75) is 30.6 Å². The Morgan fingerprint density at radius 3 is 2.34 bits per heavy atom. The zero-order chi connectivity index (χ0) is 20.6. The number of rotatable bonds is 3. The maximum absolute atomic E-state index is 11.6. The van der Waals surface area contributed by atoms with E-state index in [0.29, 0.717) is 24.6 Å². The molecule has 0 bridgehead atoms. The van der Waals surface area contributed by atoms with Crippen molar-refractivity contribution in [3.05, 3.63) is 48.0 Å². The van der Waals surface area contributed by atoms with Crippen LogP contribution in [0.15, 0.2) is 47.4 Å². The topological polar surface area (TPSA) is 93.1 Å². The van der Waals surface area contributed by atoms with Gasteiger partial charge in [-0.3, -0.25) is 0 Å². The number of hydrogen-bond acceptors (Lipinski definition) is 5. The molecule has 1 atom stereocenters. The molecule has 1 saturated heterocycles. The van der Waals surface area contributed by atoms with Gasteiger partial charge in [-0.05, 0) is 48.2 Å². The number of hydrogen-bond donors (Lipinski definition) is 1. The van der Waals surface area contributed by atoms with Gasteiger partial charge in [-0.15, -0.1) is 0 Å². The summed E-state index contributed by atoms with van der Waals surface area (Å²) < 4.78 is 35.2. The predicted octanol–water partition coefficient (Wildman–Crippen LogP) is 3.38. The Morgan fingerprint density at radius 1 is 1.07 bits per heavy atom. The fourth-order valence-electron chi connectivity index (χ4n) is 3.81. The van der Waals surface area contributed by atoms with E-state index < -0.39 is 15.9 Å². The van der Waals surface area contributed by atoms with Gasteiger partial charge in [0.25, 0.3) is 0 Å². The van der Waals surface area contributed by atoms with E-state index in [0.717, 1.165) is 35.3 Å². The Morgan fingerprint density at radius 2 is 1.72 bits per heavy atom. The van der Waals surface area contributed by atoms with Crippen molar-refractivity contribution in [1.82, 2.24) is 4.90 Å². The van der Waals surface area contributed by atoms with E-state index in [1.807, 2.05) is 18.2 Å². The van der Waals surface area contributed by atoms with Crippen LogP contribution in [-0.4, -0.2) is 50.2 Å². The molecule has 0 aromatic heterocycles. The van der Waals surface area contributed by atoms with Gasteiger partial charge in [0.05, 0.1) is 11.5 Å². The molecule has 2 aromatic rings. The molecule has 8 heteroatoms. The third-order valence-corrected chi connectivity index (χ3v) is 6.65. The van der Waals surface area contributed by atoms with Gasteiger partial charge in [0, 0.05) is 30.8 Å². The molecule has 0 aliphatic carbocycles. The number of likely N-dealkylation sites (tertiary alicyclic amines) is 1. The van der Waals surface area contributed by atoms with Crippen molar-refractivity contribution < 1.29 is 27.8 Å². The van der Waals surface area contributed by atoms with Crippen molar-refractivity contribution in [2.24, 2.45) is 5.92 Å². The summed E-state index contributed by atoms with van der Waals surface area (Å²) in [7, 11) is -3.22. The van der Waals surface area contributed by atoms with E-state index in [1.54, 1.807) is 24.3 Å². The normalized spacial score (nSPS) is 20.0. The van der Waals surface area contributed by atoms with Gasteiger partial charge >= 0.3 is 6.09 Å². The van der Waals surface area contributed by atoms with Crippen molar-refractivity contribution >= 4 is 15.9 Å². The molecule has 1 N–H and O–H groups in total. The molecule has 2 aliphatic rings. The molecule has 7 nitrogen and oxygen atoms in total. The first-order valence-electron chi connectivity index (χ1n) is 9.51. The second-order valence-electron chi connectivity index (χ2n) is 7.52. The molecule has 2 aromatic carbocycles. The maximum Gasteiger partial charge on any atom is 0.407 e. The molecule has 0 spiro atoms. The highest BCUT2D eigenvalue weighted by atomic mass is 32.2. The van der Waals surface area contributed by atoms with Gasteiger partial charge < -0.3 is 19.5 Å². The lowest BCUT2D eigenvalue weighted by atomic mass is 9.95. The first-order valence-corrected chi connectivity index (χ1v) is 11.4. The van der Waals surface area contributed by atoms with Gasteiger partial charge in [-0.1, -0.05) is 18.2 Å². The number of ether oxygens (including phenoxy) is 2. The van der Waals surface area contributed by atoms with Crippen LogP contribution >= 0.6 is 0 Å². The molecule has 4 rings (SSSR count). The molecule has 1 amide bonds. The Hall–Kier alpha value is -2.58. The number of sulfone groups is 1. The molecule has 2 heterocycles. The summed E-state index contributed by atoms with van der Waals surface area (Å²) in [6.45, 7) is 1.42. The van der Waals surface area contributed by atoms with E-state index in [4.69, 9.17) is 14.6 Å². The number of carboxylic acid groups (broad SMARTS) is 1. The summed E-state index contributed by atoms with van der Waals surface area (Å²) in [5.41, 5.74) is 2.82. The quantitative estimate of drug-likeness (QED) is 0.823. The smallest absolute Gasteiger partial charge is 0.407 e. The maximum atomic E-state index is 11.6. The molecule has 154 valence electrons. The molecule has 1 fully saturated rings. The molecule has 0 radical (unpaired) electrons. The van der Waals surface area contributed by atoms with Crippen LogP contribution in [0.3, 0.4) is 0 Å². The van der Waals surface area contributed by atoms with E-state index in [-0.39, 0.29) is 12.2 Å². The zero-order valence-corrected chi connectivity index (χ0v) is 16.9. The molecule has 29 heavy (non-hydrogen) atoms. The second-order valence-corrected chi connectivity index (χ2v) is 9.54. The van der Waals surface area contributed by atoms with Crippen LogP contribution in [0.2, 0.25) is 0 Å². The average molecular weight is 417 g/mol. The van der Waals surface area contributed by atoms with Crippen molar-refractivity contribution in [3.8, 4) is 16.9 Å². The highest BCUT2D eigenvalue weighted by molar-refractivity contribution is 7.90. The summed E-state index contributed by atoms with van der Waals surface area (Å²) >= 11 is 0. The van der Waals surface area contributed by atoms with Gasteiger partial charge in [-0.25, -0.2) is 13.2 Å². The van der Waals surface area contributed by atoms with Crippen LogP contribution in [0.4, 0.5) is 4.79 Å². The number of nitrogens with zero attached hydrogens (tertiary/aromatic N) is 1. The van der Waals surface area contributed by atoms with Gasteiger partial charge in [0.2, 0.25) is 6.29 Å². The molecular formula is C21H23NO6S.